The third-order valence-corrected chi connectivity index (χ3v) is 6.64. The van der Waals surface area contributed by atoms with E-state index in [2.05, 4.69) is 34.0 Å². The fraction of sp³-hybridized carbons (Fsp3) is 0.900. The van der Waals surface area contributed by atoms with Gasteiger partial charge in [-0.15, -0.1) is 0 Å². The number of hydrogen-bond donors (Lipinski definition) is 1. The molecule has 148 valence electrons. The molecule has 3 fully saturated rings. The number of carbonyl (C=O) groups excluding carboxylic acids is 2. The normalized spacial score (nSPS) is 27.0. The van der Waals surface area contributed by atoms with Gasteiger partial charge in [0.25, 0.3) is 0 Å². The zero-order valence-electron chi connectivity index (χ0n) is 16.6. The Bertz CT molecular complexity index is 482. The van der Waals surface area contributed by atoms with E-state index in [0.29, 0.717) is 11.8 Å². The first kappa shape index (κ1) is 19.6. The first-order valence-electron chi connectivity index (χ1n) is 10.5. The van der Waals surface area contributed by atoms with Crippen LogP contribution in [0.25, 0.3) is 0 Å². The summed E-state index contributed by atoms with van der Waals surface area (Å²) in [6, 6.07) is 0. The summed E-state index contributed by atoms with van der Waals surface area (Å²) in [7, 11) is 2.12. The van der Waals surface area contributed by atoms with E-state index < -0.39 is 0 Å². The summed E-state index contributed by atoms with van der Waals surface area (Å²) in [6.07, 6.45) is 4.96. The number of rotatable bonds is 5. The maximum Gasteiger partial charge on any atom is 0.225 e. The van der Waals surface area contributed by atoms with Crippen molar-refractivity contribution in [3.63, 3.8) is 0 Å². The average Bonchev–Trinajstić information content (AvgIpc) is 3.15. The molecule has 0 aromatic carbocycles. The summed E-state index contributed by atoms with van der Waals surface area (Å²) >= 11 is 0. The van der Waals surface area contributed by atoms with Gasteiger partial charge in [-0.05, 0) is 77.8 Å². The molecule has 3 rings (SSSR count). The van der Waals surface area contributed by atoms with Crippen LogP contribution >= 0.6 is 0 Å². The van der Waals surface area contributed by atoms with Gasteiger partial charge < -0.3 is 20.0 Å². The van der Waals surface area contributed by atoms with Crippen molar-refractivity contribution in [2.45, 2.75) is 39.0 Å². The molecule has 0 aromatic rings. The molecular weight excluding hydrogens is 328 g/mol. The van der Waals surface area contributed by atoms with E-state index in [1.54, 1.807) is 0 Å². The summed E-state index contributed by atoms with van der Waals surface area (Å²) in [6.45, 7) is 9.82. The molecule has 0 radical (unpaired) electrons. The number of piperidine rings is 2. The lowest BCUT2D eigenvalue weighted by Gasteiger charge is -2.32. The van der Waals surface area contributed by atoms with Crippen LogP contribution in [0.2, 0.25) is 0 Å². The van der Waals surface area contributed by atoms with Crippen LogP contribution in [-0.4, -0.2) is 85.9 Å². The van der Waals surface area contributed by atoms with Crippen molar-refractivity contribution < 1.29 is 9.59 Å². The minimum atomic E-state index is 0.175. The minimum Gasteiger partial charge on any atom is -0.356 e. The maximum absolute atomic E-state index is 12.8. The quantitative estimate of drug-likeness (QED) is 0.792. The molecule has 26 heavy (non-hydrogen) atoms. The Hall–Kier alpha value is -1.14. The lowest BCUT2D eigenvalue weighted by molar-refractivity contribution is -0.136. The van der Waals surface area contributed by atoms with Crippen LogP contribution in [0.4, 0.5) is 0 Å². The Morgan fingerprint density at radius 1 is 0.923 bits per heavy atom. The summed E-state index contributed by atoms with van der Waals surface area (Å²) in [5, 5.41) is 3.16. The van der Waals surface area contributed by atoms with Gasteiger partial charge in [-0.2, -0.15) is 0 Å². The van der Waals surface area contributed by atoms with Gasteiger partial charge >= 0.3 is 0 Å². The van der Waals surface area contributed by atoms with Crippen LogP contribution in [0, 0.1) is 17.8 Å². The predicted octanol–water partition coefficient (Wildman–Crippen LogP) is 1.02. The second-order valence-corrected chi connectivity index (χ2v) is 8.47. The van der Waals surface area contributed by atoms with Gasteiger partial charge in [0, 0.05) is 31.5 Å². The van der Waals surface area contributed by atoms with Gasteiger partial charge in [0.05, 0.1) is 0 Å². The Morgan fingerprint density at radius 2 is 1.58 bits per heavy atom. The SMILES string of the molecule is CCN1CCC(C(=O)N2CCC(CNC(=O)C3CCN(C)CC3)C2)CC1. The van der Waals surface area contributed by atoms with Gasteiger partial charge in [0.1, 0.15) is 0 Å². The summed E-state index contributed by atoms with van der Waals surface area (Å²) in [4.78, 5) is 31.9. The second-order valence-electron chi connectivity index (χ2n) is 8.47. The largest absolute Gasteiger partial charge is 0.356 e. The topological polar surface area (TPSA) is 55.9 Å². The molecule has 1 unspecified atom stereocenters. The highest BCUT2D eigenvalue weighted by atomic mass is 16.2. The zero-order chi connectivity index (χ0) is 18.5. The third-order valence-electron chi connectivity index (χ3n) is 6.64. The van der Waals surface area contributed by atoms with Gasteiger partial charge in [-0.25, -0.2) is 0 Å². The highest BCUT2D eigenvalue weighted by molar-refractivity contribution is 5.79. The summed E-state index contributed by atoms with van der Waals surface area (Å²) < 4.78 is 0. The molecule has 3 saturated heterocycles. The first-order chi connectivity index (χ1) is 12.6. The number of nitrogens with one attached hydrogen (secondary N) is 1. The predicted molar refractivity (Wildman–Crippen MR) is 103 cm³/mol. The average molecular weight is 365 g/mol. The van der Waals surface area contributed by atoms with Gasteiger partial charge in [-0.3, -0.25) is 9.59 Å². The molecule has 3 aliphatic rings. The number of likely N-dealkylation sites (tertiary alicyclic amines) is 3. The lowest BCUT2D eigenvalue weighted by Crippen LogP contribution is -2.42. The number of hydrogen-bond acceptors (Lipinski definition) is 4. The van der Waals surface area contributed by atoms with Crippen LogP contribution in [-0.2, 0) is 9.59 Å². The van der Waals surface area contributed by atoms with Crippen LogP contribution in [0.3, 0.4) is 0 Å². The van der Waals surface area contributed by atoms with Crippen molar-refractivity contribution in [3.05, 3.63) is 0 Å². The molecule has 3 aliphatic heterocycles. The van der Waals surface area contributed by atoms with E-state index in [-0.39, 0.29) is 17.7 Å². The molecule has 1 atom stereocenters. The summed E-state index contributed by atoms with van der Waals surface area (Å²) in [5.41, 5.74) is 0. The van der Waals surface area contributed by atoms with Crippen molar-refractivity contribution in [2.75, 3.05) is 59.4 Å². The van der Waals surface area contributed by atoms with Crippen molar-refractivity contribution in [1.82, 2.24) is 20.0 Å². The van der Waals surface area contributed by atoms with E-state index in [0.717, 1.165) is 84.5 Å². The van der Waals surface area contributed by atoms with Crippen LogP contribution in [0.1, 0.15) is 39.0 Å². The lowest BCUT2D eigenvalue weighted by atomic mass is 9.95. The Balaban J connectivity index is 1.37. The van der Waals surface area contributed by atoms with Gasteiger partial charge in [0.15, 0.2) is 0 Å². The standard InChI is InChI=1S/C20H36N4O2/c1-3-23-11-7-18(8-12-23)20(26)24-13-4-16(15-24)14-21-19(25)17-5-9-22(2)10-6-17/h16-18H,3-15H2,1-2H3,(H,21,25). The third kappa shape index (κ3) is 4.97. The van der Waals surface area contributed by atoms with Crippen molar-refractivity contribution >= 4 is 11.8 Å². The Morgan fingerprint density at radius 3 is 2.23 bits per heavy atom. The molecular formula is C20H36N4O2. The van der Waals surface area contributed by atoms with E-state index in [4.69, 9.17) is 0 Å². The monoisotopic (exact) mass is 364 g/mol. The molecule has 6 nitrogen and oxygen atoms in total. The van der Waals surface area contributed by atoms with E-state index in [1.807, 2.05) is 0 Å². The molecule has 6 heteroatoms. The van der Waals surface area contributed by atoms with Crippen molar-refractivity contribution in [2.24, 2.45) is 17.8 Å². The van der Waals surface area contributed by atoms with Crippen LogP contribution in [0.5, 0.6) is 0 Å². The minimum absolute atomic E-state index is 0.175. The fourth-order valence-electron chi connectivity index (χ4n) is 4.61. The van der Waals surface area contributed by atoms with E-state index in [1.165, 1.54) is 0 Å². The first-order valence-corrected chi connectivity index (χ1v) is 10.5. The zero-order valence-corrected chi connectivity index (χ0v) is 16.6. The van der Waals surface area contributed by atoms with E-state index in [9.17, 15) is 9.59 Å². The smallest absolute Gasteiger partial charge is 0.225 e. The molecule has 0 spiro atoms. The van der Waals surface area contributed by atoms with Crippen LogP contribution in [0.15, 0.2) is 0 Å². The second kappa shape index (κ2) is 9.18. The van der Waals surface area contributed by atoms with E-state index >= 15 is 0 Å². The highest BCUT2D eigenvalue weighted by Crippen LogP contribution is 2.24. The Labute approximate surface area is 158 Å². The molecule has 0 bridgehead atoms. The highest BCUT2D eigenvalue weighted by Gasteiger charge is 2.33. The number of amides is 2. The molecule has 0 saturated carbocycles. The van der Waals surface area contributed by atoms with Crippen molar-refractivity contribution in [1.29, 1.82) is 0 Å². The molecule has 1 N–H and O–H groups in total. The molecule has 2 amide bonds. The fourth-order valence-corrected chi connectivity index (χ4v) is 4.61. The number of carbonyl (C=O) groups is 2. The van der Waals surface area contributed by atoms with Gasteiger partial charge in [-0.1, -0.05) is 6.92 Å². The van der Waals surface area contributed by atoms with Crippen molar-refractivity contribution in [3.8, 4) is 0 Å². The number of nitrogens with zero attached hydrogens (tertiary/aromatic N) is 3. The van der Waals surface area contributed by atoms with Gasteiger partial charge in [0.2, 0.25) is 11.8 Å². The molecule has 0 aromatic heterocycles. The summed E-state index contributed by atoms with van der Waals surface area (Å²) in [5.74, 6) is 1.38. The van der Waals surface area contributed by atoms with Crippen LogP contribution < -0.4 is 5.32 Å². The molecule has 3 heterocycles. The maximum atomic E-state index is 12.8. The Kier molecular flexibility index (Phi) is 6.92. The molecule has 0 aliphatic carbocycles.